The van der Waals surface area contributed by atoms with Gasteiger partial charge in [0, 0.05) is 0 Å². The van der Waals surface area contributed by atoms with Crippen molar-refractivity contribution in [2.45, 2.75) is 0 Å². The number of hydrogen-bond acceptors (Lipinski definition) is 1. The van der Waals surface area contributed by atoms with E-state index in [0.29, 0.717) is 0 Å². The molecule has 72 valence electrons. The van der Waals surface area contributed by atoms with Crippen LogP contribution in [0.25, 0.3) is 0 Å². The van der Waals surface area contributed by atoms with Crippen molar-refractivity contribution in [2.75, 3.05) is 0 Å². The van der Waals surface area contributed by atoms with Crippen LogP contribution < -0.4 is 5.39 Å². The average Bonchev–Trinajstić information content (AvgIpc) is 2.08. The summed E-state index contributed by atoms with van der Waals surface area (Å²) in [4.78, 5) is 0. The summed E-state index contributed by atoms with van der Waals surface area (Å²) in [5, 5.41) is 11.0. The second kappa shape index (κ2) is 8.52. The van der Waals surface area contributed by atoms with Crippen LogP contribution in [0.15, 0.2) is 36.4 Å². The first-order valence-electron chi connectivity index (χ1n) is 3.10. The Hall–Kier alpha value is -1.58. The molecule has 0 saturated heterocycles. The third kappa shape index (κ3) is 37.8. The molecule has 0 aliphatic carbocycles. The van der Waals surface area contributed by atoms with Crippen molar-refractivity contribution in [2.24, 2.45) is 0 Å². The quantitative estimate of drug-likeness (QED) is 0.377. The summed E-state index contributed by atoms with van der Waals surface area (Å²) >= 11 is 0. The summed E-state index contributed by atoms with van der Waals surface area (Å²) in [5.74, 6) is 0. The van der Waals surface area contributed by atoms with Gasteiger partial charge in [-0.2, -0.15) is 0 Å². The number of nitrogens with one attached hydrogen (secondary N) is 1. The third-order valence-corrected chi connectivity index (χ3v) is 0.667. The van der Waals surface area contributed by atoms with Crippen LogP contribution >= 0.6 is 0 Å². The minimum absolute atomic E-state index is 2.00. The van der Waals surface area contributed by atoms with Gasteiger partial charge in [0.25, 0.3) is 0 Å². The van der Waals surface area contributed by atoms with Crippen molar-refractivity contribution in [1.29, 1.82) is 5.39 Å². The van der Waals surface area contributed by atoms with Crippen molar-refractivity contribution in [3.8, 4) is 0 Å². The average molecular weight is 194 g/mol. The van der Waals surface area contributed by atoms with Gasteiger partial charge in [-0.25, -0.2) is 0 Å². The van der Waals surface area contributed by atoms with Gasteiger partial charge in [0.1, 0.15) is 0 Å². The Kier molecular flexibility index (Phi) is 9.16. The topological polar surface area (TPSA) is 47.6 Å². The van der Waals surface area contributed by atoms with E-state index < -0.39 is 7.25 Å². The largest absolute Gasteiger partial charge is 0.673 e. The first-order chi connectivity index (χ1) is 6.00. The monoisotopic (exact) mass is 194 g/mol. The fourth-order valence-electron chi connectivity index (χ4n) is 0.385. The second-order valence-corrected chi connectivity index (χ2v) is 1.65. The molecule has 1 rings (SSSR count). The molecule has 0 atom stereocenters. The van der Waals surface area contributed by atoms with Gasteiger partial charge in [0.15, 0.2) is 0 Å². The maximum absolute atomic E-state index is 9.75. The Balaban J connectivity index is 0. The SMILES string of the molecule is F[B-](F)(F)F.N#[NH+].c1ccccc1. The maximum Gasteiger partial charge on any atom is 0.673 e. The van der Waals surface area contributed by atoms with Crippen LogP contribution in [0.2, 0.25) is 0 Å². The maximum atomic E-state index is 9.75. The fourth-order valence-corrected chi connectivity index (χ4v) is 0.385. The molecule has 2 nitrogen and oxygen atoms in total. The van der Waals surface area contributed by atoms with Gasteiger partial charge in [0.2, 0.25) is 5.39 Å². The summed E-state index contributed by atoms with van der Waals surface area (Å²) < 4.78 is 39.0. The van der Waals surface area contributed by atoms with Crippen molar-refractivity contribution < 1.29 is 22.7 Å². The van der Waals surface area contributed by atoms with E-state index in [1.807, 2.05) is 36.4 Å². The molecule has 0 amide bonds. The number of rotatable bonds is 0. The van der Waals surface area contributed by atoms with Crippen molar-refractivity contribution in [3.05, 3.63) is 36.4 Å². The Bertz CT molecular complexity index is 178. The highest BCUT2D eigenvalue weighted by molar-refractivity contribution is 6.50. The minimum Gasteiger partial charge on any atom is -0.418 e. The summed E-state index contributed by atoms with van der Waals surface area (Å²) in [5.41, 5.74) is 0. The van der Waals surface area contributed by atoms with E-state index >= 15 is 0 Å². The molecule has 0 radical (unpaired) electrons. The normalized spacial score (nSPS) is 8.46. The lowest BCUT2D eigenvalue weighted by atomic mass is 10.3. The van der Waals surface area contributed by atoms with Crippen LogP contribution in [0.1, 0.15) is 0 Å². The number of nitrogens with zero attached hydrogens (tertiary/aromatic N) is 1. The van der Waals surface area contributed by atoms with E-state index in [2.05, 4.69) is 0 Å². The van der Waals surface area contributed by atoms with Crippen molar-refractivity contribution >= 4 is 7.25 Å². The molecule has 1 N–H and O–H groups in total. The van der Waals surface area contributed by atoms with E-state index in [0.717, 1.165) is 0 Å². The summed E-state index contributed by atoms with van der Waals surface area (Å²) in [6.07, 6.45) is 0. The molecule has 0 bridgehead atoms. The van der Waals surface area contributed by atoms with Crippen LogP contribution in [0.5, 0.6) is 0 Å². The smallest absolute Gasteiger partial charge is 0.418 e. The van der Waals surface area contributed by atoms with Crippen molar-refractivity contribution in [3.63, 3.8) is 0 Å². The van der Waals surface area contributed by atoms with Gasteiger partial charge in [-0.3, -0.25) is 0 Å². The van der Waals surface area contributed by atoms with Crippen LogP contribution in [-0.4, -0.2) is 7.25 Å². The molecule has 0 spiro atoms. The first kappa shape index (κ1) is 14.0. The van der Waals surface area contributed by atoms with Gasteiger partial charge >= 0.3 is 7.25 Å². The highest BCUT2D eigenvalue weighted by Crippen LogP contribution is 2.06. The molecule has 1 aromatic rings. The fraction of sp³-hybridized carbons (Fsp3) is 0. The highest BCUT2D eigenvalue weighted by Gasteiger charge is 2.20. The molecule has 0 aliphatic heterocycles. The van der Waals surface area contributed by atoms with Crippen molar-refractivity contribution in [1.82, 2.24) is 0 Å². The zero-order valence-electron chi connectivity index (χ0n) is 6.50. The number of hydrogen-bond donors (Lipinski definition) is 1. The van der Waals surface area contributed by atoms with Gasteiger partial charge in [-0.1, -0.05) is 36.4 Å². The predicted molar refractivity (Wildman–Crippen MR) is 39.3 cm³/mol. The van der Waals surface area contributed by atoms with E-state index in [1.54, 1.807) is 0 Å². The molecule has 0 aromatic heterocycles. The molecule has 0 aliphatic rings. The van der Waals surface area contributed by atoms with Gasteiger partial charge in [-0.05, 0) is 0 Å². The zero-order chi connectivity index (χ0) is 10.7. The Morgan fingerprint density at radius 2 is 0.769 bits per heavy atom. The van der Waals surface area contributed by atoms with Crippen LogP contribution in [0.4, 0.5) is 17.3 Å². The predicted octanol–water partition coefficient (Wildman–Crippen LogP) is 1.27. The lowest BCUT2D eigenvalue weighted by molar-refractivity contribution is -0.175. The first-order valence-corrected chi connectivity index (χ1v) is 3.10. The molecule has 1 aromatic carbocycles. The van der Waals surface area contributed by atoms with Gasteiger partial charge in [0.05, 0.1) is 5.39 Å². The minimum atomic E-state index is -6.00. The van der Waals surface area contributed by atoms with E-state index in [9.17, 15) is 17.3 Å². The zero-order valence-corrected chi connectivity index (χ0v) is 6.50. The summed E-state index contributed by atoms with van der Waals surface area (Å²) in [6, 6.07) is 12.0. The molecule has 0 heterocycles. The van der Waals surface area contributed by atoms with Crippen LogP contribution in [0.3, 0.4) is 0 Å². The lowest BCUT2D eigenvalue weighted by Gasteiger charge is -1.94. The van der Waals surface area contributed by atoms with Crippen LogP contribution in [0, 0.1) is 5.39 Å². The second-order valence-electron chi connectivity index (χ2n) is 1.65. The number of halogens is 4. The molecular formula is C6H7BF4N2. The van der Waals surface area contributed by atoms with Crippen LogP contribution in [-0.2, 0) is 0 Å². The third-order valence-electron chi connectivity index (χ3n) is 0.667. The number of diazo groups is 1. The number of benzene rings is 1. The molecule has 0 saturated carbocycles. The van der Waals surface area contributed by atoms with Gasteiger partial charge in [-0.15, -0.1) is 0 Å². The molecule has 0 unspecified atom stereocenters. The molecule has 7 heteroatoms. The van der Waals surface area contributed by atoms with E-state index in [4.69, 9.17) is 10.8 Å². The Morgan fingerprint density at radius 3 is 0.846 bits per heavy atom. The lowest BCUT2D eigenvalue weighted by Crippen LogP contribution is -2.11. The Labute approximate surface area is 72.7 Å². The molecule has 0 fully saturated rings. The van der Waals surface area contributed by atoms with Gasteiger partial charge < -0.3 is 17.3 Å². The standard InChI is InChI=1S/C6H6.BF4.N2/c1-2-4-6-5-3-1;2-1(3,4)5;1-2/h1-6H;;/q;-1;/p+1. The molecular weight excluding hydrogens is 187 g/mol. The van der Waals surface area contributed by atoms with E-state index in [1.165, 1.54) is 0 Å². The summed E-state index contributed by atoms with van der Waals surface area (Å²) in [7, 11) is -6.00. The summed E-state index contributed by atoms with van der Waals surface area (Å²) in [6.45, 7) is 0. The Morgan fingerprint density at radius 1 is 0.692 bits per heavy atom. The van der Waals surface area contributed by atoms with E-state index in [-0.39, 0.29) is 0 Å². The highest BCUT2D eigenvalue weighted by atomic mass is 19.5. The molecule has 13 heavy (non-hydrogen) atoms.